The monoisotopic (exact) mass is 398 g/mol. The molecule has 0 radical (unpaired) electrons. The number of aliphatic carboxylic acids is 5. The molecule has 0 bridgehead atoms. The summed E-state index contributed by atoms with van der Waals surface area (Å²) in [4.78, 5) is 49.0. The first-order chi connectivity index (χ1) is 10.3. The molecule has 13 nitrogen and oxygen atoms in total. The van der Waals surface area contributed by atoms with Crippen molar-refractivity contribution in [3.05, 3.63) is 0 Å². The van der Waals surface area contributed by atoms with Crippen molar-refractivity contribution in [1.29, 1.82) is 0 Å². The summed E-state index contributed by atoms with van der Waals surface area (Å²) in [5.41, 5.74) is 6.41. The second-order valence-electron chi connectivity index (χ2n) is 3.67. The summed E-state index contributed by atoms with van der Waals surface area (Å²) in [6, 6.07) is 0. The van der Waals surface area contributed by atoms with Crippen LogP contribution >= 0.6 is 0 Å². The van der Waals surface area contributed by atoms with Crippen molar-refractivity contribution in [3.8, 4) is 0 Å². The van der Waals surface area contributed by atoms with Gasteiger partial charge in [-0.1, -0.05) is 0 Å². The summed E-state index contributed by atoms with van der Waals surface area (Å²) < 4.78 is 0. The molecule has 0 aromatic rings. The Hall–Kier alpha value is -2.25. The molecule has 0 spiro atoms. The Balaban J connectivity index is -0.000000151. The van der Waals surface area contributed by atoms with Crippen molar-refractivity contribution in [2.24, 2.45) is 11.5 Å². The van der Waals surface area contributed by atoms with E-state index in [4.69, 9.17) is 30.6 Å². The van der Waals surface area contributed by atoms with Gasteiger partial charge in [-0.05, 0) is 0 Å². The minimum atomic E-state index is -2.74. The van der Waals surface area contributed by atoms with Crippen molar-refractivity contribution < 1.29 is 71.7 Å². The van der Waals surface area contributed by atoms with Gasteiger partial charge in [0.2, 0.25) is 0 Å². The molecule has 0 aromatic carbocycles. The fourth-order valence-electron chi connectivity index (χ4n) is 0.714. The summed E-state index contributed by atoms with van der Waals surface area (Å²) in [5.74, 6) is -6.95. The Morgan fingerprint density at radius 2 is 0.875 bits per heavy atom. The number of carbonyl (C=O) groups is 5. The molecule has 10 N–H and O–H groups in total. The van der Waals surface area contributed by atoms with Crippen LogP contribution in [-0.4, -0.2) is 79.2 Å². The maximum Gasteiger partial charge on any atom is 0.336 e. The third-order valence-electron chi connectivity index (χ3n) is 1.63. The average molecular weight is 398 g/mol. The van der Waals surface area contributed by atoms with E-state index in [-0.39, 0.29) is 30.2 Å². The molecule has 0 saturated carbocycles. The molecule has 0 aliphatic carbocycles. The minimum Gasteiger partial charge on any atom is -0.481 e. The normalized spacial score (nSPS) is 8.96. The molecule has 0 aliphatic rings. The van der Waals surface area contributed by atoms with E-state index in [1.54, 1.807) is 0 Å². The van der Waals surface area contributed by atoms with Gasteiger partial charge in [0.15, 0.2) is 5.60 Å². The third kappa shape index (κ3) is 22.0. The predicted octanol–water partition coefficient (Wildman–Crippen LogP) is -3.19. The zero-order valence-electron chi connectivity index (χ0n) is 12.1. The van der Waals surface area contributed by atoms with Gasteiger partial charge in [0.1, 0.15) is 0 Å². The SMILES string of the molecule is NCC(=O)O.NCC(=O)O.O=C(O)CC(O)(CC(=O)O)C(=O)O.[Fe]. The Labute approximate surface area is 145 Å². The van der Waals surface area contributed by atoms with Gasteiger partial charge in [-0.15, -0.1) is 0 Å². The van der Waals surface area contributed by atoms with Crippen LogP contribution in [0.25, 0.3) is 0 Å². The largest absolute Gasteiger partial charge is 0.481 e. The van der Waals surface area contributed by atoms with Crippen LogP contribution in [0.3, 0.4) is 0 Å². The van der Waals surface area contributed by atoms with E-state index in [1.807, 2.05) is 0 Å². The van der Waals surface area contributed by atoms with Gasteiger partial charge < -0.3 is 42.1 Å². The molecule has 14 heteroatoms. The molecule has 0 unspecified atom stereocenters. The number of hydrogen-bond acceptors (Lipinski definition) is 8. The van der Waals surface area contributed by atoms with Gasteiger partial charge in [0.05, 0.1) is 25.9 Å². The zero-order chi connectivity index (χ0) is 19.2. The topological polar surface area (TPSA) is 259 Å². The second-order valence-corrected chi connectivity index (χ2v) is 3.67. The van der Waals surface area contributed by atoms with Crippen molar-refractivity contribution in [1.82, 2.24) is 0 Å². The van der Waals surface area contributed by atoms with Crippen LogP contribution in [0.4, 0.5) is 0 Å². The molecule has 0 saturated heterocycles. The van der Waals surface area contributed by atoms with Crippen molar-refractivity contribution >= 4 is 29.8 Å². The van der Waals surface area contributed by atoms with Crippen LogP contribution in [0.1, 0.15) is 12.8 Å². The number of hydrogen-bond donors (Lipinski definition) is 8. The van der Waals surface area contributed by atoms with Crippen LogP contribution in [0, 0.1) is 0 Å². The Morgan fingerprint density at radius 1 is 0.667 bits per heavy atom. The second kappa shape index (κ2) is 15.6. The summed E-state index contributed by atoms with van der Waals surface area (Å²) in [7, 11) is 0. The van der Waals surface area contributed by atoms with E-state index in [0.29, 0.717) is 0 Å². The quantitative estimate of drug-likeness (QED) is 0.197. The first-order valence-electron chi connectivity index (χ1n) is 5.55. The predicted molar refractivity (Wildman–Crippen MR) is 70.5 cm³/mol. The molecule has 0 fully saturated rings. The molecule has 0 rings (SSSR count). The van der Waals surface area contributed by atoms with Crippen molar-refractivity contribution in [2.75, 3.05) is 13.1 Å². The van der Waals surface area contributed by atoms with E-state index < -0.39 is 48.3 Å². The Kier molecular flexibility index (Phi) is 19.4. The first-order valence-corrected chi connectivity index (χ1v) is 5.55. The molecular weight excluding hydrogens is 380 g/mol. The summed E-state index contributed by atoms with van der Waals surface area (Å²) >= 11 is 0. The van der Waals surface area contributed by atoms with Crippen LogP contribution < -0.4 is 11.5 Å². The molecule has 0 aliphatic heterocycles. The Bertz CT molecular complexity index is 411. The van der Waals surface area contributed by atoms with Gasteiger partial charge in [0.25, 0.3) is 0 Å². The summed E-state index contributed by atoms with van der Waals surface area (Å²) in [6.07, 6.45) is -2.29. The minimum absolute atomic E-state index is 0. The van der Waals surface area contributed by atoms with Crippen LogP contribution in [0.15, 0.2) is 0 Å². The number of carboxylic acid groups (broad SMARTS) is 5. The molecule has 24 heavy (non-hydrogen) atoms. The van der Waals surface area contributed by atoms with E-state index in [2.05, 4.69) is 11.5 Å². The van der Waals surface area contributed by atoms with Crippen LogP contribution in [0.2, 0.25) is 0 Å². The van der Waals surface area contributed by atoms with E-state index in [1.165, 1.54) is 0 Å². The summed E-state index contributed by atoms with van der Waals surface area (Å²) in [5, 5.41) is 49.0. The summed E-state index contributed by atoms with van der Waals surface area (Å²) in [6.45, 7) is -0.556. The van der Waals surface area contributed by atoms with Gasteiger partial charge in [-0.25, -0.2) is 4.79 Å². The zero-order valence-corrected chi connectivity index (χ0v) is 13.2. The molecule has 0 amide bonds. The van der Waals surface area contributed by atoms with E-state index >= 15 is 0 Å². The van der Waals surface area contributed by atoms with Gasteiger partial charge in [-0.2, -0.15) is 0 Å². The average Bonchev–Trinajstić information content (AvgIpc) is 2.37. The molecule has 0 atom stereocenters. The fourth-order valence-corrected chi connectivity index (χ4v) is 0.714. The maximum absolute atomic E-state index is 10.3. The molecule has 0 heterocycles. The van der Waals surface area contributed by atoms with Crippen LogP contribution in [0.5, 0.6) is 0 Å². The molecular formula is C10H18FeN2O11. The van der Waals surface area contributed by atoms with Gasteiger partial charge in [0, 0.05) is 17.1 Å². The van der Waals surface area contributed by atoms with Crippen molar-refractivity contribution in [3.63, 3.8) is 0 Å². The van der Waals surface area contributed by atoms with Crippen molar-refractivity contribution in [2.45, 2.75) is 18.4 Å². The first kappa shape index (κ1) is 29.7. The van der Waals surface area contributed by atoms with Crippen LogP contribution in [-0.2, 0) is 41.0 Å². The van der Waals surface area contributed by atoms with Gasteiger partial charge in [-0.3, -0.25) is 19.2 Å². The smallest absolute Gasteiger partial charge is 0.336 e. The number of aliphatic hydroxyl groups is 1. The number of carboxylic acids is 5. The molecule has 0 aromatic heterocycles. The Morgan fingerprint density at radius 3 is 0.958 bits per heavy atom. The number of rotatable bonds is 7. The maximum atomic E-state index is 10.3. The standard InChI is InChI=1S/C6H8O7.2C2H5NO2.Fe/c7-3(8)1-6(13,5(11)12)2-4(9)10;2*3-1-2(4)5;/h13H,1-2H2,(H,7,8)(H,9,10)(H,11,12);2*1,3H2,(H,4,5);. The van der Waals surface area contributed by atoms with E-state index in [9.17, 15) is 24.0 Å². The number of nitrogens with two attached hydrogens (primary N) is 2. The van der Waals surface area contributed by atoms with E-state index in [0.717, 1.165) is 0 Å². The fraction of sp³-hybridized carbons (Fsp3) is 0.500. The third-order valence-corrected chi connectivity index (χ3v) is 1.63. The molecule has 142 valence electrons. The van der Waals surface area contributed by atoms with Gasteiger partial charge >= 0.3 is 29.8 Å².